The Morgan fingerprint density at radius 3 is 1.84 bits per heavy atom. The number of esters is 1. The van der Waals surface area contributed by atoms with Gasteiger partial charge in [0.05, 0.1) is 0 Å². The molecule has 0 saturated heterocycles. The van der Waals surface area contributed by atoms with Crippen LogP contribution in [0, 0.1) is 0 Å². The fraction of sp³-hybridized carbons (Fsp3) is 0.500. The number of hydrogen-bond donors (Lipinski definition) is 0. The van der Waals surface area contributed by atoms with Crippen molar-refractivity contribution >= 4 is 5.97 Å². The molecule has 0 aliphatic rings. The summed E-state index contributed by atoms with van der Waals surface area (Å²) in [4.78, 5) is 12.0. The van der Waals surface area contributed by atoms with Crippen LogP contribution in [-0.2, 0) is 14.9 Å². The normalized spacial score (nSPS) is 15.7. The molecule has 0 spiro atoms. The number of benzene rings is 1. The summed E-state index contributed by atoms with van der Waals surface area (Å²) in [6.07, 6.45) is -4.73. The molecule has 0 unspecified atom stereocenters. The Morgan fingerprint density at radius 1 is 1.00 bits per heavy atom. The molecule has 1 atom stereocenters. The Hall–Kier alpha value is -1.52. The maximum Gasteiger partial charge on any atom is 0.408 e. The minimum absolute atomic E-state index is 0.128. The number of carbonyl (C=O) groups excluding carboxylic acids is 1. The molecule has 1 aromatic carbocycles. The van der Waals surface area contributed by atoms with Gasteiger partial charge in [-0.3, -0.25) is 4.79 Å². The molecule has 5 heteroatoms. The quantitative estimate of drug-likeness (QED) is 0.766. The van der Waals surface area contributed by atoms with Crippen LogP contribution in [0.4, 0.5) is 13.2 Å². The number of hydrogen-bond acceptors (Lipinski definition) is 2. The van der Waals surface area contributed by atoms with Crippen LogP contribution in [0.5, 0.6) is 0 Å². The molecule has 0 bridgehead atoms. The van der Waals surface area contributed by atoms with Crippen LogP contribution in [0.2, 0.25) is 0 Å². The lowest BCUT2D eigenvalue weighted by Crippen LogP contribution is -2.49. The Labute approximate surface area is 110 Å². The number of rotatable bonds is 2. The predicted molar refractivity (Wildman–Crippen MR) is 65.7 cm³/mol. The summed E-state index contributed by atoms with van der Waals surface area (Å²) >= 11 is 0. The van der Waals surface area contributed by atoms with E-state index in [0.717, 1.165) is 6.92 Å². The highest BCUT2D eigenvalue weighted by molar-refractivity contribution is 5.84. The van der Waals surface area contributed by atoms with E-state index in [-0.39, 0.29) is 5.56 Å². The standard InChI is InChI=1S/C14H17F3O2/c1-12(2,3)19-11(18)13(4,14(15,16)17)10-8-6-5-7-9-10/h5-9H,1-4H3/t13-/m0/s1. The van der Waals surface area contributed by atoms with Gasteiger partial charge >= 0.3 is 12.1 Å². The van der Waals surface area contributed by atoms with Crippen LogP contribution in [-0.4, -0.2) is 17.7 Å². The molecule has 0 aromatic heterocycles. The molecule has 0 heterocycles. The smallest absolute Gasteiger partial charge is 0.408 e. The third-order valence-corrected chi connectivity index (χ3v) is 2.73. The number of ether oxygens (including phenoxy) is 1. The highest BCUT2D eigenvalue weighted by Gasteiger charge is 2.59. The first-order valence-electron chi connectivity index (χ1n) is 5.84. The van der Waals surface area contributed by atoms with E-state index in [9.17, 15) is 18.0 Å². The van der Waals surface area contributed by atoms with Crippen molar-refractivity contribution in [2.75, 3.05) is 0 Å². The van der Waals surface area contributed by atoms with Crippen molar-refractivity contribution in [3.63, 3.8) is 0 Å². The van der Waals surface area contributed by atoms with E-state index >= 15 is 0 Å². The van der Waals surface area contributed by atoms with Crippen LogP contribution in [0.1, 0.15) is 33.3 Å². The van der Waals surface area contributed by atoms with E-state index in [4.69, 9.17) is 4.74 Å². The van der Waals surface area contributed by atoms with Gasteiger partial charge in [0.15, 0.2) is 5.41 Å². The van der Waals surface area contributed by atoms with E-state index in [1.165, 1.54) is 45.0 Å². The minimum atomic E-state index is -4.73. The molecule has 0 saturated carbocycles. The molecule has 1 rings (SSSR count). The average molecular weight is 274 g/mol. The second-order valence-corrected chi connectivity index (χ2v) is 5.49. The molecular formula is C14H17F3O2. The first kappa shape index (κ1) is 15.5. The maximum absolute atomic E-state index is 13.3. The summed E-state index contributed by atoms with van der Waals surface area (Å²) in [6.45, 7) is 5.45. The molecule has 106 valence electrons. The molecule has 19 heavy (non-hydrogen) atoms. The zero-order chi connectivity index (χ0) is 14.9. The van der Waals surface area contributed by atoms with Gasteiger partial charge in [0.1, 0.15) is 5.60 Å². The van der Waals surface area contributed by atoms with E-state index in [1.807, 2.05) is 0 Å². The van der Waals surface area contributed by atoms with E-state index in [2.05, 4.69) is 0 Å². The molecule has 0 amide bonds. The van der Waals surface area contributed by atoms with Gasteiger partial charge in [-0.25, -0.2) is 0 Å². The SMILES string of the molecule is CC(C)(C)OC(=O)[C@](C)(c1ccccc1)C(F)(F)F. The highest BCUT2D eigenvalue weighted by Crippen LogP contribution is 2.42. The Bertz CT molecular complexity index is 446. The number of halogens is 3. The Kier molecular flexibility index (Phi) is 3.98. The molecule has 0 N–H and O–H groups in total. The molecule has 1 aromatic rings. The fourth-order valence-corrected chi connectivity index (χ4v) is 1.55. The first-order valence-corrected chi connectivity index (χ1v) is 5.84. The topological polar surface area (TPSA) is 26.3 Å². The molecule has 0 aliphatic carbocycles. The fourth-order valence-electron chi connectivity index (χ4n) is 1.55. The van der Waals surface area contributed by atoms with Crippen molar-refractivity contribution in [2.24, 2.45) is 0 Å². The summed E-state index contributed by atoms with van der Waals surface area (Å²) in [5.41, 5.74) is -3.77. The van der Waals surface area contributed by atoms with Crippen molar-refractivity contribution in [1.82, 2.24) is 0 Å². The van der Waals surface area contributed by atoms with Crippen molar-refractivity contribution in [1.29, 1.82) is 0 Å². The van der Waals surface area contributed by atoms with Crippen LogP contribution in [0.15, 0.2) is 30.3 Å². The van der Waals surface area contributed by atoms with Crippen molar-refractivity contribution < 1.29 is 22.7 Å². The third kappa shape index (κ3) is 3.28. The Balaban J connectivity index is 3.27. The van der Waals surface area contributed by atoms with Crippen molar-refractivity contribution in [2.45, 2.75) is 44.9 Å². The van der Waals surface area contributed by atoms with E-state index < -0.39 is 23.2 Å². The Morgan fingerprint density at radius 2 is 1.47 bits per heavy atom. The van der Waals surface area contributed by atoms with Crippen LogP contribution in [0.3, 0.4) is 0 Å². The highest BCUT2D eigenvalue weighted by atomic mass is 19.4. The summed E-state index contributed by atoms with van der Waals surface area (Å²) in [7, 11) is 0. The number of alkyl halides is 3. The number of carbonyl (C=O) groups is 1. The lowest BCUT2D eigenvalue weighted by atomic mass is 9.81. The summed E-state index contributed by atoms with van der Waals surface area (Å²) in [6, 6.07) is 7.07. The summed E-state index contributed by atoms with van der Waals surface area (Å²) < 4.78 is 44.9. The average Bonchev–Trinajstić information content (AvgIpc) is 2.25. The van der Waals surface area contributed by atoms with Gasteiger partial charge in [-0.05, 0) is 33.3 Å². The zero-order valence-corrected chi connectivity index (χ0v) is 11.3. The maximum atomic E-state index is 13.3. The third-order valence-electron chi connectivity index (χ3n) is 2.73. The van der Waals surface area contributed by atoms with Gasteiger partial charge in [0, 0.05) is 0 Å². The monoisotopic (exact) mass is 274 g/mol. The van der Waals surface area contributed by atoms with Gasteiger partial charge in [-0.2, -0.15) is 13.2 Å². The van der Waals surface area contributed by atoms with Crippen LogP contribution < -0.4 is 0 Å². The van der Waals surface area contributed by atoms with Gasteiger partial charge in [-0.1, -0.05) is 30.3 Å². The molecular weight excluding hydrogens is 257 g/mol. The molecule has 0 fully saturated rings. The van der Waals surface area contributed by atoms with Gasteiger partial charge in [0.2, 0.25) is 0 Å². The van der Waals surface area contributed by atoms with Gasteiger partial charge in [-0.15, -0.1) is 0 Å². The lowest BCUT2D eigenvalue weighted by molar-refractivity contribution is -0.212. The summed E-state index contributed by atoms with van der Waals surface area (Å²) in [5.74, 6) is -1.29. The van der Waals surface area contributed by atoms with Gasteiger partial charge < -0.3 is 4.74 Å². The van der Waals surface area contributed by atoms with Crippen LogP contribution >= 0.6 is 0 Å². The molecule has 2 nitrogen and oxygen atoms in total. The minimum Gasteiger partial charge on any atom is -0.459 e. The zero-order valence-electron chi connectivity index (χ0n) is 11.3. The molecule has 0 radical (unpaired) electrons. The van der Waals surface area contributed by atoms with Gasteiger partial charge in [0.25, 0.3) is 0 Å². The van der Waals surface area contributed by atoms with Crippen LogP contribution in [0.25, 0.3) is 0 Å². The van der Waals surface area contributed by atoms with Crippen molar-refractivity contribution in [3.8, 4) is 0 Å². The molecule has 0 aliphatic heterocycles. The second kappa shape index (κ2) is 4.87. The summed E-state index contributed by atoms with van der Waals surface area (Å²) in [5, 5.41) is 0. The predicted octanol–water partition coefficient (Wildman–Crippen LogP) is 3.85. The lowest BCUT2D eigenvalue weighted by Gasteiger charge is -2.33. The van der Waals surface area contributed by atoms with Crippen molar-refractivity contribution in [3.05, 3.63) is 35.9 Å². The van der Waals surface area contributed by atoms with E-state index in [0.29, 0.717) is 0 Å². The second-order valence-electron chi connectivity index (χ2n) is 5.49. The largest absolute Gasteiger partial charge is 0.459 e. The first-order chi connectivity index (χ1) is 8.48. The van der Waals surface area contributed by atoms with E-state index in [1.54, 1.807) is 6.07 Å².